The van der Waals surface area contributed by atoms with Crippen molar-refractivity contribution in [1.82, 2.24) is 14.8 Å². The fraction of sp³-hybridized carbons (Fsp3) is 0.421. The summed E-state index contributed by atoms with van der Waals surface area (Å²) in [5.41, 5.74) is 1.48. The number of hydrogen-bond donors (Lipinski definition) is 0. The highest BCUT2D eigenvalue weighted by Crippen LogP contribution is 2.30. The van der Waals surface area contributed by atoms with Gasteiger partial charge in [0.05, 0.1) is 35.7 Å². The molecule has 0 unspecified atom stereocenters. The van der Waals surface area contributed by atoms with Crippen molar-refractivity contribution in [2.45, 2.75) is 45.1 Å². The van der Waals surface area contributed by atoms with E-state index in [1.807, 2.05) is 45.9 Å². The van der Waals surface area contributed by atoms with Crippen LogP contribution >= 0.6 is 0 Å². The molecule has 0 saturated heterocycles. The fourth-order valence-corrected chi connectivity index (χ4v) is 2.38. The lowest BCUT2D eigenvalue weighted by Crippen LogP contribution is -2.20. The van der Waals surface area contributed by atoms with Gasteiger partial charge in [-0.25, -0.2) is 9.67 Å². The summed E-state index contributed by atoms with van der Waals surface area (Å²) in [6.45, 7) is 8.01. The third-order valence-electron chi connectivity index (χ3n) is 4.14. The van der Waals surface area contributed by atoms with Crippen molar-refractivity contribution in [3.63, 3.8) is 0 Å². The highest BCUT2D eigenvalue weighted by molar-refractivity contribution is 5.73. The molecule has 0 spiro atoms. The lowest BCUT2D eigenvalue weighted by Gasteiger charge is -2.23. The zero-order valence-electron chi connectivity index (χ0n) is 15.3. The van der Waals surface area contributed by atoms with Gasteiger partial charge in [-0.15, -0.1) is 5.10 Å². The zero-order chi connectivity index (χ0) is 18.7. The molecule has 6 heteroatoms. The van der Waals surface area contributed by atoms with Gasteiger partial charge in [0.1, 0.15) is 6.33 Å². The van der Waals surface area contributed by atoms with E-state index in [2.05, 4.69) is 27.2 Å². The van der Waals surface area contributed by atoms with Crippen LogP contribution in [0.1, 0.15) is 50.2 Å². The quantitative estimate of drug-likeness (QED) is 0.786. The monoisotopic (exact) mass is 334 g/mol. The van der Waals surface area contributed by atoms with Crippen molar-refractivity contribution in [2.24, 2.45) is 4.99 Å². The third kappa shape index (κ3) is 4.10. The van der Waals surface area contributed by atoms with E-state index in [9.17, 15) is 10.5 Å². The molecule has 1 aromatic heterocycles. The molecule has 0 radical (unpaired) electrons. The Labute approximate surface area is 148 Å². The molecule has 0 aliphatic heterocycles. The Hall–Kier alpha value is -2.99. The van der Waals surface area contributed by atoms with Crippen LogP contribution in [0, 0.1) is 22.7 Å². The molecule has 1 heterocycles. The molecule has 0 amide bonds. The molecule has 0 N–H and O–H groups in total. The van der Waals surface area contributed by atoms with Crippen molar-refractivity contribution in [1.29, 1.82) is 10.5 Å². The summed E-state index contributed by atoms with van der Waals surface area (Å²) < 4.78 is 1.72. The van der Waals surface area contributed by atoms with E-state index in [0.29, 0.717) is 12.4 Å². The Bertz CT molecular complexity index is 830. The Morgan fingerprint density at radius 2 is 1.64 bits per heavy atom. The van der Waals surface area contributed by atoms with Crippen LogP contribution in [-0.4, -0.2) is 28.0 Å². The average Bonchev–Trinajstić information content (AvgIpc) is 3.02. The van der Waals surface area contributed by atoms with E-state index in [0.717, 1.165) is 16.7 Å². The van der Waals surface area contributed by atoms with Gasteiger partial charge in [-0.2, -0.15) is 10.5 Å². The van der Waals surface area contributed by atoms with Crippen molar-refractivity contribution in [3.8, 4) is 12.1 Å². The van der Waals surface area contributed by atoms with Crippen LogP contribution in [0.5, 0.6) is 0 Å². The third-order valence-corrected chi connectivity index (χ3v) is 4.14. The topological polar surface area (TPSA) is 90.6 Å². The van der Waals surface area contributed by atoms with E-state index in [-0.39, 0.29) is 0 Å². The maximum absolute atomic E-state index is 9.48. The molecule has 0 atom stereocenters. The summed E-state index contributed by atoms with van der Waals surface area (Å²) in [4.78, 5) is 8.08. The lowest BCUT2D eigenvalue weighted by atomic mass is 9.79. The maximum Gasteiger partial charge on any atom is 0.191 e. The fourth-order valence-electron chi connectivity index (χ4n) is 2.38. The first kappa shape index (κ1) is 18.4. The SMILES string of the molecule is CN=Cc1ncn(Cc2cc(C(C)(C)C#N)cc(C(C)(C)C#N)c2)n1. The first-order chi connectivity index (χ1) is 11.7. The highest BCUT2D eigenvalue weighted by Gasteiger charge is 2.26. The number of nitriles is 2. The molecule has 0 saturated carbocycles. The van der Waals surface area contributed by atoms with Crippen LogP contribution in [0.25, 0.3) is 0 Å². The minimum atomic E-state index is -0.640. The molecular weight excluding hydrogens is 312 g/mol. The number of hydrogen-bond acceptors (Lipinski definition) is 5. The minimum Gasteiger partial charge on any atom is -0.293 e. The Balaban J connectivity index is 2.49. The summed E-state index contributed by atoms with van der Waals surface area (Å²) in [6, 6.07) is 10.6. The van der Waals surface area contributed by atoms with Crippen LogP contribution in [0.2, 0.25) is 0 Å². The minimum absolute atomic E-state index is 0.508. The molecule has 0 bridgehead atoms. The van der Waals surface area contributed by atoms with E-state index in [1.165, 1.54) is 0 Å². The number of aromatic nitrogens is 3. The van der Waals surface area contributed by atoms with Crippen LogP contribution in [-0.2, 0) is 17.4 Å². The largest absolute Gasteiger partial charge is 0.293 e. The standard InChI is InChI=1S/C19H22N6/c1-18(2,11-20)15-6-14(7-16(8-15)19(3,4)12-21)10-25-13-23-17(24-25)9-22-5/h6-9,13H,10H2,1-5H3. The van der Waals surface area contributed by atoms with Crippen molar-refractivity contribution in [3.05, 3.63) is 47.0 Å². The number of nitrogens with zero attached hydrogens (tertiary/aromatic N) is 6. The van der Waals surface area contributed by atoms with Crippen LogP contribution in [0.15, 0.2) is 29.5 Å². The lowest BCUT2D eigenvalue weighted by molar-refractivity contribution is 0.645. The van der Waals surface area contributed by atoms with Crippen molar-refractivity contribution < 1.29 is 0 Å². The summed E-state index contributed by atoms with van der Waals surface area (Å²) in [7, 11) is 1.67. The first-order valence-corrected chi connectivity index (χ1v) is 8.01. The predicted molar refractivity (Wildman–Crippen MR) is 96.4 cm³/mol. The predicted octanol–water partition coefficient (Wildman–Crippen LogP) is 2.98. The molecule has 2 aromatic rings. The van der Waals surface area contributed by atoms with Crippen LogP contribution < -0.4 is 0 Å². The van der Waals surface area contributed by atoms with Crippen LogP contribution in [0.4, 0.5) is 0 Å². The number of aliphatic imine (C=N–C) groups is 1. The molecule has 25 heavy (non-hydrogen) atoms. The van der Waals surface area contributed by atoms with E-state index in [1.54, 1.807) is 24.3 Å². The van der Waals surface area contributed by atoms with Gasteiger partial charge in [0.2, 0.25) is 0 Å². The number of benzene rings is 1. The van der Waals surface area contributed by atoms with E-state index < -0.39 is 10.8 Å². The second-order valence-electron chi connectivity index (χ2n) is 7.08. The normalized spacial score (nSPS) is 12.1. The van der Waals surface area contributed by atoms with Gasteiger partial charge >= 0.3 is 0 Å². The van der Waals surface area contributed by atoms with E-state index in [4.69, 9.17) is 0 Å². The molecule has 0 fully saturated rings. The maximum atomic E-state index is 9.48. The van der Waals surface area contributed by atoms with Crippen molar-refractivity contribution in [2.75, 3.05) is 7.05 Å². The van der Waals surface area contributed by atoms with Crippen molar-refractivity contribution >= 4 is 6.21 Å². The Morgan fingerprint density at radius 3 is 2.12 bits per heavy atom. The smallest absolute Gasteiger partial charge is 0.191 e. The molecule has 6 nitrogen and oxygen atoms in total. The molecule has 2 rings (SSSR count). The summed E-state index contributed by atoms with van der Waals surface area (Å²) in [6.07, 6.45) is 3.24. The molecule has 128 valence electrons. The molecular formula is C19H22N6. The summed E-state index contributed by atoms with van der Waals surface area (Å²) in [5.74, 6) is 0.550. The van der Waals surface area contributed by atoms with Gasteiger partial charge in [0.15, 0.2) is 5.82 Å². The number of rotatable bonds is 5. The summed E-state index contributed by atoms with van der Waals surface area (Å²) >= 11 is 0. The molecule has 1 aromatic carbocycles. The first-order valence-electron chi connectivity index (χ1n) is 8.01. The summed E-state index contributed by atoms with van der Waals surface area (Å²) in [5, 5.41) is 23.3. The van der Waals surface area contributed by atoms with Gasteiger partial charge in [0, 0.05) is 7.05 Å². The van der Waals surface area contributed by atoms with Gasteiger partial charge in [0.25, 0.3) is 0 Å². The highest BCUT2D eigenvalue weighted by atomic mass is 15.3. The Morgan fingerprint density at radius 1 is 1.08 bits per heavy atom. The molecule has 0 aliphatic rings. The molecule has 0 aliphatic carbocycles. The van der Waals surface area contributed by atoms with Gasteiger partial charge < -0.3 is 0 Å². The van der Waals surface area contributed by atoms with Crippen LogP contribution in [0.3, 0.4) is 0 Å². The van der Waals surface area contributed by atoms with E-state index >= 15 is 0 Å². The van der Waals surface area contributed by atoms with Gasteiger partial charge in [-0.1, -0.05) is 18.2 Å². The Kier molecular flexibility index (Phi) is 5.04. The second kappa shape index (κ2) is 6.86. The van der Waals surface area contributed by atoms with Gasteiger partial charge in [-0.05, 0) is 44.4 Å². The van der Waals surface area contributed by atoms with Gasteiger partial charge in [-0.3, -0.25) is 4.99 Å². The second-order valence-corrected chi connectivity index (χ2v) is 7.08. The average molecular weight is 334 g/mol. The zero-order valence-corrected chi connectivity index (χ0v) is 15.3.